The summed E-state index contributed by atoms with van der Waals surface area (Å²) in [5, 5.41) is 3.25. The predicted octanol–water partition coefficient (Wildman–Crippen LogP) is 2.98. The fourth-order valence-corrected chi connectivity index (χ4v) is 3.12. The lowest BCUT2D eigenvalue weighted by molar-refractivity contribution is -0.113. The van der Waals surface area contributed by atoms with Crippen LogP contribution in [0.2, 0.25) is 0 Å². The quantitative estimate of drug-likeness (QED) is 0.591. The fourth-order valence-electron chi connectivity index (χ4n) is 2.82. The molecule has 1 amide bonds. The van der Waals surface area contributed by atoms with Crippen molar-refractivity contribution in [3.05, 3.63) is 47.7 Å². The number of nitrogens with one attached hydrogen (secondary N) is 1. The van der Waals surface area contributed by atoms with E-state index in [1.165, 1.54) is 4.90 Å². The molecule has 0 saturated carbocycles. The number of anilines is 1. The molecule has 0 spiro atoms. The number of nitrogens with zero attached hydrogens (tertiary/aromatic N) is 1. The Labute approximate surface area is 168 Å². The maximum absolute atomic E-state index is 12.9. The lowest BCUT2D eigenvalue weighted by Crippen LogP contribution is -2.30. The maximum atomic E-state index is 12.9. The normalized spacial score (nSPS) is 14.9. The summed E-state index contributed by atoms with van der Waals surface area (Å²) in [6.45, 7) is 0. The number of hydrogen-bond acceptors (Lipinski definition) is 6. The number of methoxy groups -OCH3 is 4. The molecule has 7 nitrogen and oxygen atoms in total. The van der Waals surface area contributed by atoms with E-state index in [2.05, 4.69) is 5.32 Å². The van der Waals surface area contributed by atoms with Crippen LogP contribution >= 0.6 is 12.2 Å². The molecule has 0 aliphatic carbocycles. The van der Waals surface area contributed by atoms with Crippen molar-refractivity contribution in [1.29, 1.82) is 0 Å². The van der Waals surface area contributed by atoms with Crippen LogP contribution in [-0.4, -0.2) is 39.5 Å². The van der Waals surface area contributed by atoms with Crippen molar-refractivity contribution >= 4 is 35.0 Å². The van der Waals surface area contributed by atoms with Gasteiger partial charge in [0.2, 0.25) is 0 Å². The Bertz CT molecular complexity index is 940. The minimum atomic E-state index is -0.271. The van der Waals surface area contributed by atoms with Crippen molar-refractivity contribution in [3.63, 3.8) is 0 Å². The van der Waals surface area contributed by atoms with E-state index in [1.54, 1.807) is 70.9 Å². The van der Waals surface area contributed by atoms with E-state index in [0.29, 0.717) is 45.1 Å². The van der Waals surface area contributed by atoms with E-state index in [1.807, 2.05) is 0 Å². The number of carbonyl (C=O) groups excluding carboxylic acids is 1. The maximum Gasteiger partial charge on any atom is 0.281 e. The van der Waals surface area contributed by atoms with Crippen LogP contribution in [0.1, 0.15) is 5.56 Å². The molecule has 0 unspecified atom stereocenters. The van der Waals surface area contributed by atoms with Gasteiger partial charge in [-0.05, 0) is 48.6 Å². The Hall–Kier alpha value is -3.26. The third-order valence-electron chi connectivity index (χ3n) is 4.24. The molecule has 146 valence electrons. The van der Waals surface area contributed by atoms with Crippen molar-refractivity contribution < 1.29 is 23.7 Å². The van der Waals surface area contributed by atoms with Crippen LogP contribution in [0.4, 0.5) is 5.69 Å². The van der Waals surface area contributed by atoms with E-state index in [0.717, 1.165) is 0 Å². The molecular weight excluding hydrogens is 380 g/mol. The van der Waals surface area contributed by atoms with Gasteiger partial charge in [0.25, 0.3) is 5.91 Å². The topological polar surface area (TPSA) is 69.3 Å². The van der Waals surface area contributed by atoms with E-state index < -0.39 is 0 Å². The van der Waals surface area contributed by atoms with Gasteiger partial charge in [-0.25, -0.2) is 0 Å². The van der Waals surface area contributed by atoms with Crippen molar-refractivity contribution in [2.75, 3.05) is 33.3 Å². The Morgan fingerprint density at radius 1 is 0.893 bits per heavy atom. The SMILES string of the molecule is COc1ccc(N2C(=O)/C(=C/c3cc(OC)c(OC)cc3OC)NC2=S)cc1. The summed E-state index contributed by atoms with van der Waals surface area (Å²) in [6.07, 6.45) is 1.67. The van der Waals surface area contributed by atoms with Crippen LogP contribution in [-0.2, 0) is 4.79 Å². The van der Waals surface area contributed by atoms with E-state index >= 15 is 0 Å². The van der Waals surface area contributed by atoms with Crippen molar-refractivity contribution in [3.8, 4) is 23.0 Å². The molecular formula is C20H20N2O5S. The molecule has 3 rings (SSSR count). The zero-order chi connectivity index (χ0) is 20.3. The van der Waals surface area contributed by atoms with Gasteiger partial charge >= 0.3 is 0 Å². The lowest BCUT2D eigenvalue weighted by atomic mass is 10.1. The van der Waals surface area contributed by atoms with E-state index in [-0.39, 0.29) is 5.91 Å². The third-order valence-corrected chi connectivity index (χ3v) is 4.53. The minimum Gasteiger partial charge on any atom is -0.497 e. The molecule has 0 radical (unpaired) electrons. The highest BCUT2D eigenvalue weighted by Gasteiger charge is 2.32. The Morgan fingerprint density at radius 2 is 1.50 bits per heavy atom. The molecule has 1 N–H and O–H groups in total. The van der Waals surface area contributed by atoms with Crippen LogP contribution in [0.3, 0.4) is 0 Å². The molecule has 1 aliphatic heterocycles. The Balaban J connectivity index is 1.97. The highest BCUT2D eigenvalue weighted by Crippen LogP contribution is 2.36. The van der Waals surface area contributed by atoms with Crippen molar-refractivity contribution in [2.45, 2.75) is 0 Å². The van der Waals surface area contributed by atoms with Gasteiger partial charge in [0.15, 0.2) is 16.6 Å². The van der Waals surface area contributed by atoms with Gasteiger partial charge in [-0.3, -0.25) is 9.69 Å². The summed E-state index contributed by atoms with van der Waals surface area (Å²) in [5.41, 5.74) is 1.62. The molecule has 1 aliphatic rings. The number of amides is 1. The van der Waals surface area contributed by atoms with Gasteiger partial charge in [-0.15, -0.1) is 0 Å². The molecule has 0 aromatic heterocycles. The predicted molar refractivity (Wildman–Crippen MR) is 110 cm³/mol. The van der Waals surface area contributed by atoms with Gasteiger partial charge in [-0.2, -0.15) is 0 Å². The van der Waals surface area contributed by atoms with Crippen molar-refractivity contribution in [1.82, 2.24) is 5.32 Å². The first kappa shape index (κ1) is 19.5. The number of rotatable bonds is 6. The summed E-state index contributed by atoms with van der Waals surface area (Å²) in [6, 6.07) is 10.5. The Morgan fingerprint density at radius 3 is 2.07 bits per heavy atom. The minimum absolute atomic E-state index is 0.271. The zero-order valence-electron chi connectivity index (χ0n) is 15.9. The first-order chi connectivity index (χ1) is 13.5. The first-order valence-corrected chi connectivity index (χ1v) is 8.74. The number of carbonyl (C=O) groups is 1. The number of ether oxygens (including phenoxy) is 4. The standard InChI is InChI=1S/C20H20N2O5S/c1-24-14-7-5-13(6-8-14)22-19(23)15(21-20(22)28)9-12-10-17(26-3)18(27-4)11-16(12)25-2/h5-11H,1-4H3,(H,21,28)/b15-9-. The summed E-state index contributed by atoms with van der Waals surface area (Å²) < 4.78 is 21.2. The fraction of sp³-hybridized carbons (Fsp3) is 0.200. The highest BCUT2D eigenvalue weighted by molar-refractivity contribution is 7.80. The van der Waals surface area contributed by atoms with Gasteiger partial charge < -0.3 is 24.3 Å². The summed E-state index contributed by atoms with van der Waals surface area (Å²) in [5.74, 6) is 2.01. The number of benzene rings is 2. The second-order valence-electron chi connectivity index (χ2n) is 5.78. The molecule has 1 fully saturated rings. The number of thiocarbonyl (C=S) groups is 1. The van der Waals surface area contributed by atoms with Crippen LogP contribution in [0.15, 0.2) is 42.1 Å². The van der Waals surface area contributed by atoms with Crippen LogP contribution < -0.4 is 29.2 Å². The van der Waals surface area contributed by atoms with E-state index in [4.69, 9.17) is 31.2 Å². The van der Waals surface area contributed by atoms with Crippen LogP contribution in [0.5, 0.6) is 23.0 Å². The van der Waals surface area contributed by atoms with Gasteiger partial charge in [-0.1, -0.05) is 0 Å². The molecule has 0 bridgehead atoms. The molecule has 2 aromatic rings. The molecule has 28 heavy (non-hydrogen) atoms. The summed E-state index contributed by atoms with van der Waals surface area (Å²) in [7, 11) is 6.21. The third kappa shape index (κ3) is 3.59. The zero-order valence-corrected chi connectivity index (χ0v) is 16.8. The second kappa shape index (κ2) is 8.18. The van der Waals surface area contributed by atoms with Crippen LogP contribution in [0, 0.1) is 0 Å². The molecule has 1 saturated heterocycles. The van der Waals surface area contributed by atoms with Gasteiger partial charge in [0, 0.05) is 11.6 Å². The van der Waals surface area contributed by atoms with Gasteiger partial charge in [0.1, 0.15) is 17.2 Å². The van der Waals surface area contributed by atoms with Gasteiger partial charge in [0.05, 0.1) is 34.1 Å². The lowest BCUT2D eigenvalue weighted by Gasteiger charge is -2.14. The summed E-state index contributed by atoms with van der Waals surface area (Å²) >= 11 is 5.35. The number of hydrogen-bond donors (Lipinski definition) is 1. The van der Waals surface area contributed by atoms with E-state index in [9.17, 15) is 4.79 Å². The van der Waals surface area contributed by atoms with Crippen LogP contribution in [0.25, 0.3) is 6.08 Å². The highest BCUT2D eigenvalue weighted by atomic mass is 32.1. The second-order valence-corrected chi connectivity index (χ2v) is 6.16. The molecule has 8 heteroatoms. The molecule has 0 atom stereocenters. The first-order valence-electron chi connectivity index (χ1n) is 8.33. The molecule has 1 heterocycles. The summed E-state index contributed by atoms with van der Waals surface area (Å²) in [4.78, 5) is 14.4. The largest absolute Gasteiger partial charge is 0.497 e. The average Bonchev–Trinajstić information content (AvgIpc) is 3.00. The Kier molecular flexibility index (Phi) is 5.70. The van der Waals surface area contributed by atoms with Crippen molar-refractivity contribution in [2.24, 2.45) is 0 Å². The molecule has 2 aromatic carbocycles. The monoisotopic (exact) mass is 400 g/mol. The average molecular weight is 400 g/mol. The smallest absolute Gasteiger partial charge is 0.281 e.